The van der Waals surface area contributed by atoms with Crippen molar-refractivity contribution < 1.29 is 23.5 Å². The number of carbonyl (C=O) groups excluding carboxylic acids is 2. The average Bonchev–Trinajstić information content (AvgIpc) is 3.19. The minimum Gasteiger partial charge on any atom is -0.451 e. The lowest BCUT2D eigenvalue weighted by molar-refractivity contribution is 0.0446. The Balaban J connectivity index is 1.67. The van der Waals surface area contributed by atoms with Crippen LogP contribution < -0.4 is 0 Å². The number of aryl methyl sites for hydroxylation is 1. The van der Waals surface area contributed by atoms with Gasteiger partial charge in [-0.2, -0.15) is 0 Å². The lowest BCUT2D eigenvalue weighted by atomic mass is 10.1. The summed E-state index contributed by atoms with van der Waals surface area (Å²) >= 11 is 0. The van der Waals surface area contributed by atoms with E-state index in [0.717, 1.165) is 16.8 Å². The highest BCUT2D eigenvalue weighted by molar-refractivity contribution is 6.00. The zero-order valence-electron chi connectivity index (χ0n) is 15.1. The first kappa shape index (κ1) is 17.9. The fourth-order valence-electron chi connectivity index (χ4n) is 2.97. The molecule has 3 rings (SSSR count). The summed E-state index contributed by atoms with van der Waals surface area (Å²) in [7, 11) is 1.64. The third-order valence-corrected chi connectivity index (χ3v) is 4.35. The summed E-state index contributed by atoms with van der Waals surface area (Å²) in [6.07, 6.45) is 0. The molecule has 1 aromatic carbocycles. The molecule has 6 heteroatoms. The standard InChI is InChI=1S/C20H21NO5/c1-13-10-16(14(2)21(13)8-9-24-3)17(22)12-25-20(23)19-11-15-6-4-5-7-18(15)26-19/h4-7,10-11H,8-9,12H2,1-3H3. The number of fused-ring (bicyclic) bond motifs is 1. The summed E-state index contributed by atoms with van der Waals surface area (Å²) < 4.78 is 17.7. The lowest BCUT2D eigenvalue weighted by Gasteiger charge is -2.08. The third kappa shape index (κ3) is 3.55. The van der Waals surface area contributed by atoms with Crippen molar-refractivity contribution in [2.75, 3.05) is 20.3 Å². The molecule has 26 heavy (non-hydrogen) atoms. The van der Waals surface area contributed by atoms with Crippen molar-refractivity contribution in [2.45, 2.75) is 20.4 Å². The van der Waals surface area contributed by atoms with E-state index in [0.29, 0.717) is 24.3 Å². The van der Waals surface area contributed by atoms with Crippen molar-refractivity contribution in [3.8, 4) is 0 Å². The third-order valence-electron chi connectivity index (χ3n) is 4.35. The van der Waals surface area contributed by atoms with Gasteiger partial charge < -0.3 is 18.5 Å². The van der Waals surface area contributed by atoms with Gasteiger partial charge in [0.05, 0.1) is 6.61 Å². The average molecular weight is 355 g/mol. The first-order valence-corrected chi connectivity index (χ1v) is 8.36. The number of methoxy groups -OCH3 is 1. The maximum Gasteiger partial charge on any atom is 0.374 e. The van der Waals surface area contributed by atoms with Crippen LogP contribution in [-0.4, -0.2) is 36.6 Å². The number of esters is 1. The molecule has 0 fully saturated rings. The SMILES string of the molecule is COCCn1c(C)cc(C(=O)COC(=O)c2cc3ccccc3o2)c1C. The molecule has 0 amide bonds. The summed E-state index contributed by atoms with van der Waals surface area (Å²) in [4.78, 5) is 24.6. The van der Waals surface area contributed by atoms with Gasteiger partial charge in [0.25, 0.3) is 0 Å². The summed E-state index contributed by atoms with van der Waals surface area (Å²) in [6, 6.07) is 10.7. The number of hydrogen-bond donors (Lipinski definition) is 0. The van der Waals surface area contributed by atoms with E-state index in [-0.39, 0.29) is 18.2 Å². The van der Waals surface area contributed by atoms with Crippen molar-refractivity contribution in [2.24, 2.45) is 0 Å². The van der Waals surface area contributed by atoms with Crippen LogP contribution in [0.5, 0.6) is 0 Å². The minimum absolute atomic E-state index is 0.0876. The number of Topliss-reactive ketones (excluding diaryl/α,β-unsaturated/α-hetero) is 1. The van der Waals surface area contributed by atoms with Gasteiger partial charge in [-0.05, 0) is 32.0 Å². The quantitative estimate of drug-likeness (QED) is 0.479. The molecule has 2 aromatic heterocycles. The van der Waals surface area contributed by atoms with Crippen LogP contribution in [0.1, 0.15) is 32.3 Å². The van der Waals surface area contributed by atoms with Crippen LogP contribution in [0.2, 0.25) is 0 Å². The normalized spacial score (nSPS) is 11.0. The molecule has 3 aromatic rings. The van der Waals surface area contributed by atoms with Gasteiger partial charge in [0, 0.05) is 36.0 Å². The molecule has 0 radical (unpaired) electrons. The van der Waals surface area contributed by atoms with Gasteiger partial charge in [0.2, 0.25) is 11.5 Å². The Kier molecular flexibility index (Phi) is 5.23. The van der Waals surface area contributed by atoms with Gasteiger partial charge in [0.1, 0.15) is 5.58 Å². The monoisotopic (exact) mass is 355 g/mol. The zero-order valence-corrected chi connectivity index (χ0v) is 15.1. The molecule has 0 aliphatic rings. The van der Waals surface area contributed by atoms with E-state index in [1.54, 1.807) is 19.2 Å². The molecule has 0 saturated carbocycles. The Hall–Kier alpha value is -2.86. The molecule has 0 bridgehead atoms. The predicted octanol–water partition coefficient (Wildman–Crippen LogP) is 3.54. The molecule has 6 nitrogen and oxygen atoms in total. The molecule has 0 spiro atoms. The number of hydrogen-bond acceptors (Lipinski definition) is 5. The molecule has 2 heterocycles. The van der Waals surface area contributed by atoms with Crippen LogP contribution in [0, 0.1) is 13.8 Å². The second kappa shape index (κ2) is 7.58. The van der Waals surface area contributed by atoms with Gasteiger partial charge in [-0.15, -0.1) is 0 Å². The van der Waals surface area contributed by atoms with Crippen molar-refractivity contribution in [3.05, 3.63) is 59.1 Å². The number of carbonyl (C=O) groups is 2. The van der Waals surface area contributed by atoms with Crippen LogP contribution in [0.25, 0.3) is 11.0 Å². The van der Waals surface area contributed by atoms with Crippen molar-refractivity contribution in [3.63, 3.8) is 0 Å². The van der Waals surface area contributed by atoms with Gasteiger partial charge in [0.15, 0.2) is 6.61 Å². The molecule has 0 unspecified atom stereocenters. The molecule has 0 aliphatic heterocycles. The van der Waals surface area contributed by atoms with E-state index in [1.807, 2.05) is 42.7 Å². The Morgan fingerprint density at radius 3 is 2.65 bits per heavy atom. The number of ether oxygens (including phenoxy) is 2. The molecular weight excluding hydrogens is 334 g/mol. The van der Waals surface area contributed by atoms with Crippen LogP contribution >= 0.6 is 0 Å². The van der Waals surface area contributed by atoms with E-state index in [4.69, 9.17) is 13.9 Å². The maximum absolute atomic E-state index is 12.5. The summed E-state index contributed by atoms with van der Waals surface area (Å²) in [6.45, 7) is 4.70. The Labute approximate surface area is 151 Å². The lowest BCUT2D eigenvalue weighted by Crippen LogP contribution is -2.15. The van der Waals surface area contributed by atoms with Gasteiger partial charge in [-0.1, -0.05) is 18.2 Å². The molecule has 0 atom stereocenters. The molecule has 0 aliphatic carbocycles. The summed E-state index contributed by atoms with van der Waals surface area (Å²) in [5, 5.41) is 0.812. The number of benzene rings is 1. The van der Waals surface area contributed by atoms with E-state index in [2.05, 4.69) is 0 Å². The van der Waals surface area contributed by atoms with E-state index in [1.165, 1.54) is 0 Å². The Morgan fingerprint density at radius 2 is 1.92 bits per heavy atom. The van der Waals surface area contributed by atoms with E-state index >= 15 is 0 Å². The molecule has 136 valence electrons. The number of furan rings is 1. The topological polar surface area (TPSA) is 70.7 Å². The van der Waals surface area contributed by atoms with Crippen molar-refractivity contribution in [1.82, 2.24) is 4.57 Å². The van der Waals surface area contributed by atoms with E-state index in [9.17, 15) is 9.59 Å². The first-order chi connectivity index (χ1) is 12.5. The largest absolute Gasteiger partial charge is 0.451 e. The summed E-state index contributed by atoms with van der Waals surface area (Å²) in [5.74, 6) is -0.807. The zero-order chi connectivity index (χ0) is 18.7. The number of nitrogens with zero attached hydrogens (tertiary/aromatic N) is 1. The molecule has 0 N–H and O–H groups in total. The predicted molar refractivity (Wildman–Crippen MR) is 96.6 cm³/mol. The number of rotatable bonds is 7. The smallest absolute Gasteiger partial charge is 0.374 e. The van der Waals surface area contributed by atoms with Gasteiger partial charge >= 0.3 is 5.97 Å². The highest BCUT2D eigenvalue weighted by Gasteiger charge is 2.19. The fraction of sp³-hybridized carbons (Fsp3) is 0.300. The molecular formula is C20H21NO5. The molecule has 0 saturated heterocycles. The van der Waals surface area contributed by atoms with Crippen LogP contribution in [0.4, 0.5) is 0 Å². The van der Waals surface area contributed by atoms with Crippen LogP contribution in [0.15, 0.2) is 40.8 Å². The summed E-state index contributed by atoms with van der Waals surface area (Å²) in [5.41, 5.74) is 2.96. The highest BCUT2D eigenvalue weighted by atomic mass is 16.5. The van der Waals surface area contributed by atoms with Gasteiger partial charge in [-0.3, -0.25) is 4.79 Å². The second-order valence-corrected chi connectivity index (χ2v) is 6.08. The Morgan fingerprint density at radius 1 is 1.15 bits per heavy atom. The maximum atomic E-state index is 12.5. The van der Waals surface area contributed by atoms with E-state index < -0.39 is 5.97 Å². The van der Waals surface area contributed by atoms with Crippen LogP contribution in [0.3, 0.4) is 0 Å². The van der Waals surface area contributed by atoms with Crippen molar-refractivity contribution in [1.29, 1.82) is 0 Å². The second-order valence-electron chi connectivity index (χ2n) is 6.08. The first-order valence-electron chi connectivity index (χ1n) is 8.36. The van der Waals surface area contributed by atoms with Crippen LogP contribution in [-0.2, 0) is 16.0 Å². The highest BCUT2D eigenvalue weighted by Crippen LogP contribution is 2.20. The minimum atomic E-state index is -0.650. The van der Waals surface area contributed by atoms with Gasteiger partial charge in [-0.25, -0.2) is 4.79 Å². The number of aromatic nitrogens is 1. The fourth-order valence-corrected chi connectivity index (χ4v) is 2.97. The number of para-hydroxylation sites is 1. The Bertz CT molecular complexity index is 917. The number of ketones is 1. The van der Waals surface area contributed by atoms with Crippen molar-refractivity contribution >= 4 is 22.7 Å².